The van der Waals surface area contributed by atoms with Gasteiger partial charge in [-0.25, -0.2) is 4.98 Å². The Morgan fingerprint density at radius 3 is 2.56 bits per heavy atom. The van der Waals surface area contributed by atoms with E-state index in [1.165, 1.54) is 5.56 Å². The maximum atomic E-state index is 11.8. The topological polar surface area (TPSA) is 46.9 Å². The number of aromatic nitrogens is 2. The first-order valence-electron chi connectivity index (χ1n) is 8.54. The molecule has 128 valence electrons. The number of hydrogen-bond donors (Lipinski definition) is 1. The molecule has 4 heteroatoms. The SMILES string of the molecule is CC(C)C(=O)NCc1ccccc1-c1ccc(Cn2ccnc2)cc1. The van der Waals surface area contributed by atoms with Gasteiger partial charge in [-0.1, -0.05) is 62.4 Å². The zero-order valence-corrected chi connectivity index (χ0v) is 14.6. The number of benzene rings is 2. The number of nitrogens with zero attached hydrogens (tertiary/aromatic N) is 2. The largest absolute Gasteiger partial charge is 0.352 e. The molecule has 1 heterocycles. The molecule has 3 rings (SSSR count). The van der Waals surface area contributed by atoms with E-state index in [0.29, 0.717) is 6.54 Å². The minimum Gasteiger partial charge on any atom is -0.352 e. The van der Waals surface area contributed by atoms with Crippen molar-refractivity contribution >= 4 is 5.91 Å². The minimum absolute atomic E-state index is 0.00498. The maximum Gasteiger partial charge on any atom is 0.222 e. The van der Waals surface area contributed by atoms with Crippen molar-refractivity contribution in [3.8, 4) is 11.1 Å². The van der Waals surface area contributed by atoms with E-state index in [2.05, 4.69) is 46.7 Å². The van der Waals surface area contributed by atoms with Crippen LogP contribution in [-0.4, -0.2) is 15.5 Å². The Kier molecular flexibility index (Phi) is 5.29. The molecule has 0 saturated heterocycles. The van der Waals surface area contributed by atoms with Crippen LogP contribution in [0.25, 0.3) is 11.1 Å². The standard InChI is InChI=1S/C21H23N3O/c1-16(2)21(25)23-13-19-5-3-4-6-20(19)18-9-7-17(8-10-18)14-24-12-11-22-15-24/h3-12,15-16H,13-14H2,1-2H3,(H,23,25). The zero-order valence-electron chi connectivity index (χ0n) is 14.6. The second-order valence-corrected chi connectivity index (χ2v) is 6.46. The summed E-state index contributed by atoms with van der Waals surface area (Å²) in [6.07, 6.45) is 5.57. The Hall–Kier alpha value is -2.88. The van der Waals surface area contributed by atoms with Gasteiger partial charge in [0.25, 0.3) is 0 Å². The van der Waals surface area contributed by atoms with Crippen LogP contribution in [0.1, 0.15) is 25.0 Å². The molecule has 2 aromatic carbocycles. The van der Waals surface area contributed by atoms with Gasteiger partial charge in [0, 0.05) is 31.4 Å². The van der Waals surface area contributed by atoms with Crippen LogP contribution in [0.4, 0.5) is 0 Å². The van der Waals surface area contributed by atoms with Crippen LogP contribution in [0.15, 0.2) is 67.3 Å². The van der Waals surface area contributed by atoms with Gasteiger partial charge in [0.2, 0.25) is 5.91 Å². The van der Waals surface area contributed by atoms with Crippen LogP contribution < -0.4 is 5.32 Å². The number of nitrogens with one attached hydrogen (secondary N) is 1. The summed E-state index contributed by atoms with van der Waals surface area (Å²) in [6.45, 7) is 5.16. The number of carbonyl (C=O) groups excluding carboxylic acids is 1. The third-order valence-corrected chi connectivity index (χ3v) is 4.18. The van der Waals surface area contributed by atoms with Gasteiger partial charge in [0.15, 0.2) is 0 Å². The van der Waals surface area contributed by atoms with E-state index in [-0.39, 0.29) is 11.8 Å². The molecule has 3 aromatic rings. The molecule has 0 fully saturated rings. The lowest BCUT2D eigenvalue weighted by atomic mass is 9.98. The van der Waals surface area contributed by atoms with Gasteiger partial charge in [-0.3, -0.25) is 4.79 Å². The van der Waals surface area contributed by atoms with Crippen LogP contribution in [0.5, 0.6) is 0 Å². The first-order chi connectivity index (χ1) is 12.1. The Morgan fingerprint density at radius 2 is 1.88 bits per heavy atom. The molecule has 0 aliphatic heterocycles. The summed E-state index contributed by atoms with van der Waals surface area (Å²) < 4.78 is 2.05. The summed E-state index contributed by atoms with van der Waals surface area (Å²) in [6, 6.07) is 16.7. The van der Waals surface area contributed by atoms with Crippen molar-refractivity contribution in [2.75, 3.05) is 0 Å². The lowest BCUT2D eigenvalue weighted by Gasteiger charge is -2.13. The fraction of sp³-hybridized carbons (Fsp3) is 0.238. The lowest BCUT2D eigenvalue weighted by Crippen LogP contribution is -2.27. The highest BCUT2D eigenvalue weighted by atomic mass is 16.1. The number of carbonyl (C=O) groups is 1. The molecule has 0 saturated carbocycles. The summed E-state index contributed by atoms with van der Waals surface area (Å²) >= 11 is 0. The van der Waals surface area contributed by atoms with E-state index in [9.17, 15) is 4.79 Å². The van der Waals surface area contributed by atoms with Crippen molar-refractivity contribution in [3.05, 3.63) is 78.4 Å². The number of imidazole rings is 1. The predicted octanol–water partition coefficient (Wildman–Crippen LogP) is 3.87. The van der Waals surface area contributed by atoms with Gasteiger partial charge in [-0.05, 0) is 22.3 Å². The van der Waals surface area contributed by atoms with E-state index in [4.69, 9.17) is 0 Å². The van der Waals surface area contributed by atoms with E-state index in [0.717, 1.165) is 23.2 Å². The zero-order chi connectivity index (χ0) is 17.6. The molecule has 25 heavy (non-hydrogen) atoms. The molecule has 1 aromatic heterocycles. The fourth-order valence-electron chi connectivity index (χ4n) is 2.72. The normalized spacial score (nSPS) is 10.8. The summed E-state index contributed by atoms with van der Waals surface area (Å²) in [5.41, 5.74) is 4.66. The number of rotatable bonds is 6. The van der Waals surface area contributed by atoms with Gasteiger partial charge in [0.05, 0.1) is 6.33 Å². The second kappa shape index (κ2) is 7.79. The molecule has 4 nitrogen and oxygen atoms in total. The van der Waals surface area contributed by atoms with Crippen molar-refractivity contribution < 1.29 is 4.79 Å². The predicted molar refractivity (Wildman–Crippen MR) is 99.9 cm³/mol. The maximum absolute atomic E-state index is 11.8. The summed E-state index contributed by atoms with van der Waals surface area (Å²) in [5, 5.41) is 3.00. The average molecular weight is 333 g/mol. The first kappa shape index (κ1) is 17.0. The van der Waals surface area contributed by atoms with Gasteiger partial charge < -0.3 is 9.88 Å². The monoisotopic (exact) mass is 333 g/mol. The van der Waals surface area contributed by atoms with Crippen molar-refractivity contribution in [2.24, 2.45) is 5.92 Å². The highest BCUT2D eigenvalue weighted by Crippen LogP contribution is 2.24. The van der Waals surface area contributed by atoms with Crippen LogP contribution >= 0.6 is 0 Å². The van der Waals surface area contributed by atoms with Crippen LogP contribution in [-0.2, 0) is 17.9 Å². The number of hydrogen-bond acceptors (Lipinski definition) is 2. The molecule has 0 aliphatic rings. The third-order valence-electron chi connectivity index (χ3n) is 4.18. The van der Waals surface area contributed by atoms with Crippen molar-refractivity contribution in [1.82, 2.24) is 14.9 Å². The smallest absolute Gasteiger partial charge is 0.222 e. The molecule has 0 atom stereocenters. The van der Waals surface area contributed by atoms with E-state index in [1.54, 1.807) is 6.20 Å². The van der Waals surface area contributed by atoms with Crippen LogP contribution in [0.2, 0.25) is 0 Å². The fourth-order valence-corrected chi connectivity index (χ4v) is 2.72. The Balaban J connectivity index is 1.76. The van der Waals surface area contributed by atoms with Crippen LogP contribution in [0, 0.1) is 5.92 Å². The summed E-state index contributed by atoms with van der Waals surface area (Å²) in [5.74, 6) is 0.0695. The van der Waals surface area contributed by atoms with Crippen molar-refractivity contribution in [2.45, 2.75) is 26.9 Å². The lowest BCUT2D eigenvalue weighted by molar-refractivity contribution is -0.124. The van der Waals surface area contributed by atoms with E-state index in [1.807, 2.05) is 43.1 Å². The van der Waals surface area contributed by atoms with E-state index < -0.39 is 0 Å². The molecule has 0 radical (unpaired) electrons. The first-order valence-corrected chi connectivity index (χ1v) is 8.54. The average Bonchev–Trinajstić information content (AvgIpc) is 3.13. The van der Waals surface area contributed by atoms with Crippen molar-refractivity contribution in [3.63, 3.8) is 0 Å². The van der Waals surface area contributed by atoms with Gasteiger partial charge in [0.1, 0.15) is 0 Å². The molecular formula is C21H23N3O. The third kappa shape index (κ3) is 4.35. The van der Waals surface area contributed by atoms with Crippen LogP contribution in [0.3, 0.4) is 0 Å². The molecule has 1 N–H and O–H groups in total. The molecule has 1 amide bonds. The molecule has 0 spiro atoms. The highest BCUT2D eigenvalue weighted by Gasteiger charge is 2.09. The highest BCUT2D eigenvalue weighted by molar-refractivity contribution is 5.78. The number of amides is 1. The van der Waals surface area contributed by atoms with E-state index >= 15 is 0 Å². The minimum atomic E-state index is -0.00498. The molecule has 0 unspecified atom stereocenters. The van der Waals surface area contributed by atoms with Crippen molar-refractivity contribution in [1.29, 1.82) is 0 Å². The van der Waals surface area contributed by atoms with Gasteiger partial charge in [-0.15, -0.1) is 0 Å². The summed E-state index contributed by atoms with van der Waals surface area (Å²) in [4.78, 5) is 15.9. The molecular weight excluding hydrogens is 310 g/mol. The second-order valence-electron chi connectivity index (χ2n) is 6.46. The summed E-state index contributed by atoms with van der Waals surface area (Å²) in [7, 11) is 0. The molecule has 0 bridgehead atoms. The van der Waals surface area contributed by atoms with Gasteiger partial charge >= 0.3 is 0 Å². The van der Waals surface area contributed by atoms with Gasteiger partial charge in [-0.2, -0.15) is 0 Å². The Labute approximate surface area is 148 Å². The Bertz CT molecular complexity index is 821. The quantitative estimate of drug-likeness (QED) is 0.744. The Morgan fingerprint density at radius 1 is 1.12 bits per heavy atom. The molecule has 0 aliphatic carbocycles.